The molecule has 0 radical (unpaired) electrons. The van der Waals surface area contributed by atoms with E-state index in [1.165, 1.54) is 4.90 Å². The summed E-state index contributed by atoms with van der Waals surface area (Å²) in [6, 6.07) is 4.15. The molecule has 5 atom stereocenters. The Balaban J connectivity index is 1.95. The van der Waals surface area contributed by atoms with Gasteiger partial charge in [-0.2, -0.15) is 0 Å². The summed E-state index contributed by atoms with van der Waals surface area (Å²) < 4.78 is 5.44. The second-order valence-electron chi connectivity index (χ2n) is 15.0. The Morgan fingerprint density at radius 2 is 1.57 bits per heavy atom. The predicted molar refractivity (Wildman–Crippen MR) is 206 cm³/mol. The molecular weight excluding hydrogens is 694 g/mol. The van der Waals surface area contributed by atoms with Crippen LogP contribution < -0.4 is 27.0 Å². The summed E-state index contributed by atoms with van der Waals surface area (Å²) in [7, 11) is 1.69. The fourth-order valence-electron chi connectivity index (χ4n) is 6.01. The maximum absolute atomic E-state index is 13.5. The van der Waals surface area contributed by atoms with Crippen LogP contribution in [0.25, 0.3) is 0 Å². The smallest absolute Gasteiger partial charge is 0.410 e. The number of hydrogen-bond acceptors (Lipinski definition) is 8. The Kier molecular flexibility index (Phi) is 19.0. The van der Waals surface area contributed by atoms with Crippen LogP contribution >= 0.6 is 0 Å². The molecule has 8 amide bonds. The summed E-state index contributed by atoms with van der Waals surface area (Å²) >= 11 is 0. The van der Waals surface area contributed by atoms with Crippen LogP contribution in [-0.4, -0.2) is 89.7 Å². The summed E-state index contributed by atoms with van der Waals surface area (Å²) in [6.07, 6.45) is 3.03. The van der Waals surface area contributed by atoms with Crippen LogP contribution in [-0.2, 0) is 35.3 Å². The normalized spacial score (nSPS) is 16.4. The van der Waals surface area contributed by atoms with E-state index in [0.717, 1.165) is 12.0 Å². The van der Waals surface area contributed by atoms with Crippen molar-refractivity contribution in [3.63, 3.8) is 0 Å². The monoisotopic (exact) mass is 757 g/mol. The van der Waals surface area contributed by atoms with Crippen LogP contribution in [0.4, 0.5) is 15.3 Å². The van der Waals surface area contributed by atoms with Gasteiger partial charge < -0.3 is 36.6 Å². The summed E-state index contributed by atoms with van der Waals surface area (Å²) in [6.45, 7) is 14.1. The minimum atomic E-state index is -1.000. The number of hydrogen-bond donors (Lipinski definition) is 5. The van der Waals surface area contributed by atoms with E-state index in [1.807, 2.05) is 34.6 Å². The lowest BCUT2D eigenvalue weighted by Crippen LogP contribution is -2.54. The van der Waals surface area contributed by atoms with Crippen molar-refractivity contribution in [3.05, 3.63) is 29.8 Å². The summed E-state index contributed by atoms with van der Waals surface area (Å²) in [5, 5.41) is 10.8. The molecule has 15 nitrogen and oxygen atoms in total. The Hall–Kier alpha value is -4.69. The molecule has 1 fully saturated rings. The lowest BCUT2D eigenvalue weighted by Gasteiger charge is -2.27. The molecule has 3 unspecified atom stereocenters. The van der Waals surface area contributed by atoms with Crippen LogP contribution in [0.1, 0.15) is 105 Å². The number of rotatable bonds is 22. The van der Waals surface area contributed by atoms with E-state index < -0.39 is 36.0 Å². The van der Waals surface area contributed by atoms with Gasteiger partial charge in [0, 0.05) is 50.6 Å². The van der Waals surface area contributed by atoms with Crippen LogP contribution in [0.15, 0.2) is 24.3 Å². The van der Waals surface area contributed by atoms with E-state index in [1.54, 1.807) is 50.1 Å². The third-order valence-electron chi connectivity index (χ3n) is 10.2. The molecule has 0 aromatic heterocycles. The van der Waals surface area contributed by atoms with Crippen LogP contribution in [0, 0.1) is 23.7 Å². The number of carbonyl (C=O) groups excluding carboxylic acids is 7. The molecule has 302 valence electrons. The van der Waals surface area contributed by atoms with Gasteiger partial charge in [-0.3, -0.25) is 28.9 Å². The fourth-order valence-corrected chi connectivity index (χ4v) is 6.01. The standard InChI is InChI=1S/C39H63N7O8/c1-9-26(6)30-22-33(48)46(37(30)51)21-12-10-11-15-32(47)44-34(25(4)5)36(50)43-31(14-13-20-41-38(40)52)35(49)42-29-18-16-28(17-19-29)23-54-39(53)45(8)27(7)24(2)3/h16-19,24-27,30-31,34H,9-15,20-23H2,1-8H3,(H,42,49)(H,43,50)(H,44,47)(H3,40,41,52)/t26?,27-,30?,31+,34?/m1/s1. The Morgan fingerprint density at radius 3 is 2.17 bits per heavy atom. The van der Waals surface area contributed by atoms with Crippen molar-refractivity contribution >= 4 is 47.3 Å². The van der Waals surface area contributed by atoms with E-state index in [9.17, 15) is 33.6 Å². The van der Waals surface area contributed by atoms with Gasteiger partial charge in [0.1, 0.15) is 18.7 Å². The average Bonchev–Trinajstić information content (AvgIpc) is 3.41. The molecule has 1 aromatic carbocycles. The molecule has 1 aromatic rings. The van der Waals surface area contributed by atoms with Crippen molar-refractivity contribution in [3.8, 4) is 0 Å². The van der Waals surface area contributed by atoms with Crippen molar-refractivity contribution < 1.29 is 38.3 Å². The first-order valence-electron chi connectivity index (χ1n) is 19.2. The van der Waals surface area contributed by atoms with E-state index in [-0.39, 0.29) is 79.8 Å². The van der Waals surface area contributed by atoms with Gasteiger partial charge in [0.25, 0.3) is 0 Å². The number of likely N-dealkylation sites (tertiary alicyclic amines) is 1. The van der Waals surface area contributed by atoms with E-state index >= 15 is 0 Å². The summed E-state index contributed by atoms with van der Waals surface area (Å²) in [4.78, 5) is 91.4. The van der Waals surface area contributed by atoms with Crippen molar-refractivity contribution in [1.82, 2.24) is 25.8 Å². The predicted octanol–water partition coefficient (Wildman–Crippen LogP) is 4.29. The third-order valence-corrected chi connectivity index (χ3v) is 10.2. The molecule has 0 saturated carbocycles. The van der Waals surface area contributed by atoms with Gasteiger partial charge in [0.15, 0.2) is 0 Å². The van der Waals surface area contributed by atoms with Gasteiger partial charge in [-0.25, -0.2) is 9.59 Å². The first-order chi connectivity index (χ1) is 25.5. The van der Waals surface area contributed by atoms with Crippen molar-refractivity contribution in [1.29, 1.82) is 0 Å². The van der Waals surface area contributed by atoms with Crippen LogP contribution in [0.3, 0.4) is 0 Å². The molecule has 1 heterocycles. The fraction of sp³-hybridized carbons (Fsp3) is 0.667. The molecule has 15 heteroatoms. The van der Waals surface area contributed by atoms with E-state index in [0.29, 0.717) is 37.9 Å². The van der Waals surface area contributed by atoms with E-state index in [4.69, 9.17) is 10.5 Å². The zero-order valence-electron chi connectivity index (χ0n) is 33.4. The van der Waals surface area contributed by atoms with Crippen molar-refractivity contribution in [2.45, 2.75) is 125 Å². The lowest BCUT2D eigenvalue weighted by molar-refractivity contribution is -0.140. The zero-order valence-corrected chi connectivity index (χ0v) is 33.4. The molecule has 1 aliphatic heterocycles. The minimum absolute atomic E-state index is 0.00876. The number of benzene rings is 1. The zero-order chi connectivity index (χ0) is 40.5. The van der Waals surface area contributed by atoms with Gasteiger partial charge in [0.2, 0.25) is 29.5 Å². The van der Waals surface area contributed by atoms with Gasteiger partial charge in [-0.15, -0.1) is 0 Å². The highest BCUT2D eigenvalue weighted by atomic mass is 16.6. The van der Waals surface area contributed by atoms with Gasteiger partial charge in [-0.1, -0.05) is 66.5 Å². The lowest BCUT2D eigenvalue weighted by atomic mass is 9.90. The highest BCUT2D eigenvalue weighted by molar-refractivity contribution is 6.03. The number of amides is 8. The second-order valence-corrected chi connectivity index (χ2v) is 15.0. The number of nitrogens with two attached hydrogens (primary N) is 1. The number of anilines is 1. The Morgan fingerprint density at radius 1 is 0.907 bits per heavy atom. The third kappa shape index (κ3) is 14.6. The van der Waals surface area contributed by atoms with Crippen molar-refractivity contribution in [2.75, 3.05) is 25.5 Å². The summed E-state index contributed by atoms with van der Waals surface area (Å²) in [5.41, 5.74) is 6.35. The first-order valence-corrected chi connectivity index (χ1v) is 19.2. The highest BCUT2D eigenvalue weighted by Gasteiger charge is 2.40. The number of imide groups is 1. The largest absolute Gasteiger partial charge is 0.445 e. The molecule has 6 N–H and O–H groups in total. The quantitative estimate of drug-likeness (QED) is 0.0849. The number of nitrogens with one attached hydrogen (secondary N) is 4. The Bertz CT molecular complexity index is 1430. The van der Waals surface area contributed by atoms with E-state index in [2.05, 4.69) is 21.3 Å². The summed E-state index contributed by atoms with van der Waals surface area (Å²) in [5.74, 6) is -1.73. The van der Waals surface area contributed by atoms with Gasteiger partial charge in [-0.05, 0) is 68.1 Å². The molecule has 0 spiro atoms. The number of nitrogens with zero attached hydrogens (tertiary/aromatic N) is 2. The number of primary amides is 1. The van der Waals surface area contributed by atoms with Gasteiger partial charge in [0.05, 0.1) is 0 Å². The van der Waals surface area contributed by atoms with Crippen molar-refractivity contribution in [2.24, 2.45) is 29.4 Å². The molecule has 2 rings (SSSR count). The van der Waals surface area contributed by atoms with Crippen LogP contribution in [0.5, 0.6) is 0 Å². The topological polar surface area (TPSA) is 209 Å². The molecule has 1 aliphatic rings. The SMILES string of the molecule is CCC(C)C1CC(=O)N(CCCCCC(=O)NC(C(=O)N[C@@H](CCCNC(N)=O)C(=O)Nc2ccc(COC(=O)N(C)[C@H](C)C(C)C)cc2)C(C)C)C1=O. The van der Waals surface area contributed by atoms with Crippen LogP contribution in [0.2, 0.25) is 0 Å². The number of urea groups is 1. The minimum Gasteiger partial charge on any atom is -0.445 e. The molecule has 1 saturated heterocycles. The molecule has 0 aliphatic carbocycles. The number of unbranched alkanes of at least 4 members (excludes halogenated alkanes) is 2. The molecule has 0 bridgehead atoms. The number of carbonyl (C=O) groups is 7. The maximum atomic E-state index is 13.5. The highest BCUT2D eigenvalue weighted by Crippen LogP contribution is 2.28. The Labute approximate surface area is 320 Å². The molecule has 54 heavy (non-hydrogen) atoms. The second kappa shape index (κ2) is 22.5. The first kappa shape index (κ1) is 45.5. The average molecular weight is 758 g/mol. The number of ether oxygens (including phenoxy) is 1. The van der Waals surface area contributed by atoms with Gasteiger partial charge >= 0.3 is 12.1 Å². The molecular formula is C39H63N7O8. The maximum Gasteiger partial charge on any atom is 0.410 e.